The largest absolute Gasteiger partial charge is 0.352 e. The van der Waals surface area contributed by atoms with Crippen LogP contribution in [0, 0.1) is 12.3 Å². The Hall–Kier alpha value is -2.56. The van der Waals surface area contributed by atoms with Crippen molar-refractivity contribution in [3.63, 3.8) is 0 Å². The first-order valence-electron chi connectivity index (χ1n) is 8.59. The number of aromatic nitrogens is 2. The fourth-order valence-corrected chi connectivity index (χ4v) is 3.57. The molecular formula is C20H23N3O2. The van der Waals surface area contributed by atoms with Gasteiger partial charge in [-0.2, -0.15) is 0 Å². The van der Waals surface area contributed by atoms with Gasteiger partial charge in [0.2, 0.25) is 0 Å². The lowest BCUT2D eigenvalue weighted by molar-refractivity contribution is 0.0911. The number of ketones is 1. The highest BCUT2D eigenvalue weighted by Gasteiger charge is 2.36. The van der Waals surface area contributed by atoms with Crippen LogP contribution < -0.4 is 5.32 Å². The zero-order valence-electron chi connectivity index (χ0n) is 15.1. The van der Waals surface area contributed by atoms with Crippen LogP contribution in [0.4, 0.5) is 0 Å². The quantitative estimate of drug-likeness (QED) is 0.932. The lowest BCUT2D eigenvalue weighted by Gasteiger charge is -2.31. The highest BCUT2D eigenvalue weighted by molar-refractivity contribution is 6.11. The van der Waals surface area contributed by atoms with Gasteiger partial charge in [0.05, 0.1) is 17.0 Å². The molecule has 0 bridgehead atoms. The molecule has 2 aromatic heterocycles. The molecule has 2 aromatic rings. The first-order valence-corrected chi connectivity index (χ1v) is 8.59. The third kappa shape index (κ3) is 3.18. The number of hydrogen-bond acceptors (Lipinski definition) is 4. The Morgan fingerprint density at radius 3 is 2.52 bits per heavy atom. The molecule has 0 radical (unpaired) electrons. The Bertz CT molecular complexity index is 842. The van der Waals surface area contributed by atoms with Crippen LogP contribution in [0.25, 0.3) is 11.1 Å². The molecule has 5 nitrogen and oxygen atoms in total. The zero-order chi connectivity index (χ0) is 18.2. The summed E-state index contributed by atoms with van der Waals surface area (Å²) in [5.41, 5.74) is 3.92. The fourth-order valence-electron chi connectivity index (χ4n) is 3.57. The molecule has 0 aliphatic heterocycles. The molecule has 130 valence electrons. The number of aryl methyl sites for hydroxylation is 1. The summed E-state index contributed by atoms with van der Waals surface area (Å²) in [6, 6.07) is 3.68. The molecule has 0 atom stereocenters. The average molecular weight is 337 g/mol. The van der Waals surface area contributed by atoms with E-state index in [1.807, 2.05) is 26.0 Å². The molecule has 5 heteroatoms. The summed E-state index contributed by atoms with van der Waals surface area (Å²) in [5.74, 6) is -0.143. The molecule has 2 heterocycles. The van der Waals surface area contributed by atoms with E-state index in [1.165, 1.54) is 0 Å². The topological polar surface area (TPSA) is 72.0 Å². The molecule has 1 aliphatic carbocycles. The van der Waals surface area contributed by atoms with E-state index in [9.17, 15) is 9.59 Å². The molecule has 1 aliphatic rings. The van der Waals surface area contributed by atoms with Crippen molar-refractivity contribution in [2.75, 3.05) is 6.54 Å². The van der Waals surface area contributed by atoms with Crippen LogP contribution in [0.1, 0.15) is 59.3 Å². The van der Waals surface area contributed by atoms with E-state index in [0.29, 0.717) is 35.3 Å². The molecule has 0 saturated heterocycles. The number of rotatable bonds is 3. The van der Waals surface area contributed by atoms with Gasteiger partial charge in [0.25, 0.3) is 5.91 Å². The van der Waals surface area contributed by atoms with Crippen molar-refractivity contribution in [3.05, 3.63) is 47.0 Å². The standard InChI is InChI=1S/C20H23N3O2/c1-5-22-19(25)16-12(2)23-14-10-20(3,4)11-15(24)18(14)17(16)13-6-8-21-9-7-13/h6-9H,5,10-11H2,1-4H3,(H,22,25). The number of pyridine rings is 2. The minimum atomic E-state index is -0.195. The van der Waals surface area contributed by atoms with Crippen LogP contribution in [0.15, 0.2) is 24.5 Å². The van der Waals surface area contributed by atoms with Crippen LogP contribution in [-0.2, 0) is 6.42 Å². The van der Waals surface area contributed by atoms with Crippen LogP contribution in [0.2, 0.25) is 0 Å². The molecule has 0 fully saturated rings. The maximum atomic E-state index is 13.0. The molecule has 0 unspecified atom stereocenters. The molecule has 0 spiro atoms. The van der Waals surface area contributed by atoms with Crippen LogP contribution >= 0.6 is 0 Å². The highest BCUT2D eigenvalue weighted by Crippen LogP contribution is 2.40. The predicted octanol–water partition coefficient (Wildman–Crippen LogP) is 3.36. The summed E-state index contributed by atoms with van der Waals surface area (Å²) in [6.07, 6.45) is 4.53. The number of carbonyl (C=O) groups excluding carboxylic acids is 2. The highest BCUT2D eigenvalue weighted by atomic mass is 16.1. The van der Waals surface area contributed by atoms with Gasteiger partial charge in [0, 0.05) is 36.5 Å². The lowest BCUT2D eigenvalue weighted by atomic mass is 9.73. The summed E-state index contributed by atoms with van der Waals surface area (Å²) in [7, 11) is 0. The molecule has 1 N–H and O–H groups in total. The minimum Gasteiger partial charge on any atom is -0.352 e. The minimum absolute atomic E-state index is 0.0520. The Balaban J connectivity index is 2.33. The second-order valence-electron chi connectivity index (χ2n) is 7.31. The van der Waals surface area contributed by atoms with Crippen molar-refractivity contribution >= 4 is 11.7 Å². The van der Waals surface area contributed by atoms with Crippen molar-refractivity contribution < 1.29 is 9.59 Å². The Labute approximate surface area is 147 Å². The van der Waals surface area contributed by atoms with E-state index >= 15 is 0 Å². The number of carbonyl (C=O) groups is 2. The molecule has 0 aromatic carbocycles. The van der Waals surface area contributed by atoms with Crippen molar-refractivity contribution in [3.8, 4) is 11.1 Å². The van der Waals surface area contributed by atoms with E-state index in [1.54, 1.807) is 12.4 Å². The number of amides is 1. The average Bonchev–Trinajstić information content (AvgIpc) is 2.53. The summed E-state index contributed by atoms with van der Waals surface area (Å²) in [5, 5.41) is 2.84. The first-order chi connectivity index (χ1) is 11.8. The maximum Gasteiger partial charge on any atom is 0.253 e. The van der Waals surface area contributed by atoms with Crippen LogP contribution in [0.5, 0.6) is 0 Å². The second-order valence-corrected chi connectivity index (χ2v) is 7.31. The van der Waals surface area contributed by atoms with Gasteiger partial charge in [0.15, 0.2) is 5.78 Å². The third-order valence-electron chi connectivity index (χ3n) is 4.55. The number of fused-ring (bicyclic) bond motifs is 1. The normalized spacial score (nSPS) is 15.6. The Morgan fingerprint density at radius 2 is 1.88 bits per heavy atom. The smallest absolute Gasteiger partial charge is 0.253 e. The molecular weight excluding hydrogens is 314 g/mol. The fraction of sp³-hybridized carbons (Fsp3) is 0.400. The second kappa shape index (κ2) is 6.39. The summed E-state index contributed by atoms with van der Waals surface area (Å²) < 4.78 is 0. The van der Waals surface area contributed by atoms with Gasteiger partial charge in [-0.1, -0.05) is 13.8 Å². The molecule has 1 amide bonds. The monoisotopic (exact) mass is 337 g/mol. The van der Waals surface area contributed by atoms with Gasteiger partial charge in [-0.3, -0.25) is 19.6 Å². The van der Waals surface area contributed by atoms with Gasteiger partial charge in [-0.05, 0) is 43.4 Å². The summed E-state index contributed by atoms with van der Waals surface area (Å²) in [6.45, 7) is 8.38. The van der Waals surface area contributed by atoms with Gasteiger partial charge >= 0.3 is 0 Å². The first kappa shape index (κ1) is 17.3. The predicted molar refractivity (Wildman–Crippen MR) is 96.6 cm³/mol. The SMILES string of the molecule is CCNC(=O)c1c(C)nc2c(c1-c1ccncc1)C(=O)CC(C)(C)C2. The van der Waals surface area contributed by atoms with E-state index in [-0.39, 0.29) is 17.1 Å². The molecule has 3 rings (SSSR count). The lowest BCUT2D eigenvalue weighted by Crippen LogP contribution is -2.31. The van der Waals surface area contributed by atoms with Crippen molar-refractivity contribution in [1.82, 2.24) is 15.3 Å². The Morgan fingerprint density at radius 1 is 1.20 bits per heavy atom. The van der Waals surface area contributed by atoms with Crippen LogP contribution in [-0.4, -0.2) is 28.2 Å². The summed E-state index contributed by atoms with van der Waals surface area (Å²) >= 11 is 0. The van der Waals surface area contributed by atoms with Crippen molar-refractivity contribution in [2.24, 2.45) is 5.41 Å². The molecule has 25 heavy (non-hydrogen) atoms. The number of Topliss-reactive ketones (excluding diaryl/α,β-unsaturated/α-hetero) is 1. The zero-order valence-corrected chi connectivity index (χ0v) is 15.1. The van der Waals surface area contributed by atoms with Gasteiger partial charge < -0.3 is 5.32 Å². The number of nitrogens with zero attached hydrogens (tertiary/aromatic N) is 2. The van der Waals surface area contributed by atoms with E-state index < -0.39 is 0 Å². The third-order valence-corrected chi connectivity index (χ3v) is 4.55. The van der Waals surface area contributed by atoms with Crippen molar-refractivity contribution in [2.45, 2.75) is 40.5 Å². The van der Waals surface area contributed by atoms with E-state index in [0.717, 1.165) is 17.7 Å². The van der Waals surface area contributed by atoms with Gasteiger partial charge in [-0.15, -0.1) is 0 Å². The summed E-state index contributed by atoms with van der Waals surface area (Å²) in [4.78, 5) is 34.4. The molecule has 0 saturated carbocycles. The van der Waals surface area contributed by atoms with Gasteiger partial charge in [0.1, 0.15) is 0 Å². The maximum absolute atomic E-state index is 13.0. The van der Waals surface area contributed by atoms with Gasteiger partial charge in [-0.25, -0.2) is 0 Å². The number of nitrogens with one attached hydrogen (secondary N) is 1. The van der Waals surface area contributed by atoms with E-state index in [4.69, 9.17) is 0 Å². The van der Waals surface area contributed by atoms with Crippen molar-refractivity contribution in [1.29, 1.82) is 0 Å². The van der Waals surface area contributed by atoms with Crippen LogP contribution in [0.3, 0.4) is 0 Å². The van der Waals surface area contributed by atoms with E-state index in [2.05, 4.69) is 29.1 Å². The Kier molecular flexibility index (Phi) is 4.41. The number of hydrogen-bond donors (Lipinski definition) is 1.